The molecule has 20 heavy (non-hydrogen) atoms. The number of hydrogen-bond donors (Lipinski definition) is 0. The van der Waals surface area contributed by atoms with Gasteiger partial charge in [0, 0.05) is 10.4 Å². The van der Waals surface area contributed by atoms with Crippen LogP contribution >= 0.6 is 27.5 Å². The lowest BCUT2D eigenvalue weighted by atomic mass is 9.99. The van der Waals surface area contributed by atoms with Crippen molar-refractivity contribution in [3.63, 3.8) is 0 Å². The molecule has 5 heteroatoms. The maximum absolute atomic E-state index is 12.1. The van der Waals surface area contributed by atoms with E-state index in [4.69, 9.17) is 11.6 Å². The van der Waals surface area contributed by atoms with Gasteiger partial charge in [-0.15, -0.1) is 11.6 Å². The van der Waals surface area contributed by atoms with Crippen molar-refractivity contribution in [3.05, 3.63) is 34.3 Å². The van der Waals surface area contributed by atoms with E-state index in [2.05, 4.69) is 15.9 Å². The van der Waals surface area contributed by atoms with Gasteiger partial charge in [0.2, 0.25) is 0 Å². The second-order valence-corrected chi connectivity index (χ2v) is 10.1. The van der Waals surface area contributed by atoms with Gasteiger partial charge in [0.05, 0.1) is 10.5 Å². The smallest absolute Gasteiger partial charge is 0.155 e. The van der Waals surface area contributed by atoms with Crippen molar-refractivity contribution in [2.75, 3.05) is 11.6 Å². The number of halogens is 2. The highest BCUT2D eigenvalue weighted by Gasteiger charge is 2.29. The average molecular weight is 382 g/mol. The Labute approximate surface area is 136 Å². The molecular formula is C15H22BrClO2S. The van der Waals surface area contributed by atoms with E-state index in [-0.39, 0.29) is 11.7 Å². The van der Waals surface area contributed by atoms with E-state index in [1.165, 1.54) is 5.56 Å². The fourth-order valence-electron chi connectivity index (χ4n) is 1.84. The zero-order valence-corrected chi connectivity index (χ0v) is 15.4. The van der Waals surface area contributed by atoms with Crippen LogP contribution in [0.5, 0.6) is 0 Å². The molecular weight excluding hydrogens is 360 g/mol. The molecule has 0 heterocycles. The quantitative estimate of drug-likeness (QED) is 0.682. The summed E-state index contributed by atoms with van der Waals surface area (Å²) in [5.74, 6) is 0.840. The van der Waals surface area contributed by atoms with Crippen LogP contribution in [0.4, 0.5) is 0 Å². The molecule has 0 N–H and O–H groups in total. The van der Waals surface area contributed by atoms with E-state index in [9.17, 15) is 8.42 Å². The summed E-state index contributed by atoms with van der Waals surface area (Å²) in [6.07, 6.45) is 1.40. The van der Waals surface area contributed by atoms with Crippen molar-refractivity contribution < 1.29 is 8.42 Å². The Morgan fingerprint density at radius 2 is 1.85 bits per heavy atom. The molecule has 0 saturated heterocycles. The first-order chi connectivity index (χ1) is 9.17. The van der Waals surface area contributed by atoms with E-state index in [1.54, 1.807) is 20.8 Å². The fourth-order valence-corrected chi connectivity index (χ4v) is 3.80. The standard InChI is InChI=1S/C15H22BrClO2S/c1-15(2,3)20(18,19)9-8-12(11-17)10-13-6-4-5-7-14(13)16/h4-7,12H,8-11H2,1-3H3. The van der Waals surface area contributed by atoms with Crippen molar-refractivity contribution in [2.24, 2.45) is 5.92 Å². The Hall–Kier alpha value is -0.0600. The summed E-state index contributed by atoms with van der Waals surface area (Å²) >= 11 is 9.52. The van der Waals surface area contributed by atoms with Crippen molar-refractivity contribution in [1.82, 2.24) is 0 Å². The van der Waals surface area contributed by atoms with Crippen LogP contribution in [0.1, 0.15) is 32.8 Å². The Morgan fingerprint density at radius 3 is 2.35 bits per heavy atom. The summed E-state index contributed by atoms with van der Waals surface area (Å²) in [4.78, 5) is 0. The van der Waals surface area contributed by atoms with E-state index in [0.717, 1.165) is 10.9 Å². The number of benzene rings is 1. The first-order valence-electron chi connectivity index (χ1n) is 6.69. The summed E-state index contributed by atoms with van der Waals surface area (Å²) in [7, 11) is -3.08. The van der Waals surface area contributed by atoms with Gasteiger partial charge in [-0.1, -0.05) is 34.1 Å². The van der Waals surface area contributed by atoms with Gasteiger partial charge >= 0.3 is 0 Å². The fraction of sp³-hybridized carbons (Fsp3) is 0.600. The molecule has 0 aromatic heterocycles. The van der Waals surface area contributed by atoms with Gasteiger partial charge in [0.1, 0.15) is 0 Å². The van der Waals surface area contributed by atoms with E-state index < -0.39 is 14.6 Å². The second kappa shape index (κ2) is 7.28. The van der Waals surface area contributed by atoms with E-state index in [1.807, 2.05) is 24.3 Å². The van der Waals surface area contributed by atoms with Crippen molar-refractivity contribution in [1.29, 1.82) is 0 Å². The molecule has 1 aromatic carbocycles. The van der Waals surface area contributed by atoms with E-state index >= 15 is 0 Å². The van der Waals surface area contributed by atoms with Crippen LogP contribution in [0.3, 0.4) is 0 Å². The van der Waals surface area contributed by atoms with Gasteiger partial charge in [0.15, 0.2) is 9.84 Å². The van der Waals surface area contributed by atoms with Gasteiger partial charge in [-0.05, 0) is 51.2 Å². The highest BCUT2D eigenvalue weighted by Crippen LogP contribution is 2.24. The van der Waals surface area contributed by atoms with Crippen LogP contribution in [0.2, 0.25) is 0 Å². The summed E-state index contributed by atoms with van der Waals surface area (Å²) < 4.78 is 24.6. The normalized spacial score (nSPS) is 14.2. The maximum atomic E-state index is 12.1. The average Bonchev–Trinajstić information content (AvgIpc) is 2.35. The minimum atomic E-state index is -3.08. The molecule has 1 atom stereocenters. The molecule has 0 bridgehead atoms. The first-order valence-corrected chi connectivity index (χ1v) is 9.67. The number of alkyl halides is 1. The monoisotopic (exact) mass is 380 g/mol. The van der Waals surface area contributed by atoms with Gasteiger partial charge in [-0.25, -0.2) is 8.42 Å². The summed E-state index contributed by atoms with van der Waals surface area (Å²) in [5, 5.41) is 0. The van der Waals surface area contributed by atoms with Crippen molar-refractivity contribution in [3.8, 4) is 0 Å². The van der Waals surface area contributed by atoms with Gasteiger partial charge in [-0.2, -0.15) is 0 Å². The third kappa shape index (κ3) is 5.05. The molecule has 1 unspecified atom stereocenters. The molecule has 0 aliphatic heterocycles. The predicted octanol–water partition coefficient (Wildman–Crippen LogP) is 4.45. The molecule has 0 amide bonds. The molecule has 114 valence electrons. The maximum Gasteiger partial charge on any atom is 0.155 e. The van der Waals surface area contributed by atoms with Crippen LogP contribution in [-0.2, 0) is 16.3 Å². The van der Waals surface area contributed by atoms with E-state index in [0.29, 0.717) is 12.3 Å². The summed E-state index contributed by atoms with van der Waals surface area (Å²) in [6, 6.07) is 7.99. The molecule has 0 aliphatic carbocycles. The van der Waals surface area contributed by atoms with Crippen LogP contribution < -0.4 is 0 Å². The lowest BCUT2D eigenvalue weighted by molar-refractivity contribution is 0.529. The SMILES string of the molecule is CC(C)(C)S(=O)(=O)CCC(CCl)Cc1ccccc1Br. The van der Waals surface area contributed by atoms with Crippen molar-refractivity contribution in [2.45, 2.75) is 38.4 Å². The first kappa shape index (κ1) is 18.0. The summed E-state index contributed by atoms with van der Waals surface area (Å²) in [5.41, 5.74) is 1.17. The molecule has 0 spiro atoms. The topological polar surface area (TPSA) is 34.1 Å². The van der Waals surface area contributed by atoms with Crippen LogP contribution in [0.15, 0.2) is 28.7 Å². The largest absolute Gasteiger partial charge is 0.228 e. The van der Waals surface area contributed by atoms with Gasteiger partial charge < -0.3 is 0 Å². The molecule has 0 aliphatic rings. The zero-order valence-electron chi connectivity index (χ0n) is 12.2. The van der Waals surface area contributed by atoms with Crippen molar-refractivity contribution >= 4 is 37.4 Å². The van der Waals surface area contributed by atoms with Gasteiger partial charge in [-0.3, -0.25) is 0 Å². The second-order valence-electron chi connectivity index (χ2n) is 6.04. The molecule has 0 radical (unpaired) electrons. The molecule has 0 fully saturated rings. The third-order valence-electron chi connectivity index (χ3n) is 3.41. The summed E-state index contributed by atoms with van der Waals surface area (Å²) in [6.45, 7) is 5.23. The zero-order chi connectivity index (χ0) is 15.4. The number of sulfone groups is 1. The minimum Gasteiger partial charge on any atom is -0.228 e. The van der Waals surface area contributed by atoms with Crippen LogP contribution in [0, 0.1) is 5.92 Å². The van der Waals surface area contributed by atoms with Crippen LogP contribution in [0.25, 0.3) is 0 Å². The van der Waals surface area contributed by atoms with Gasteiger partial charge in [0.25, 0.3) is 0 Å². The number of rotatable bonds is 6. The third-order valence-corrected chi connectivity index (χ3v) is 7.26. The Morgan fingerprint density at radius 1 is 1.25 bits per heavy atom. The predicted molar refractivity (Wildman–Crippen MR) is 90.2 cm³/mol. The molecule has 1 aromatic rings. The number of hydrogen-bond acceptors (Lipinski definition) is 2. The molecule has 2 nitrogen and oxygen atoms in total. The molecule has 1 rings (SSSR count). The lowest BCUT2D eigenvalue weighted by Gasteiger charge is -2.21. The lowest BCUT2D eigenvalue weighted by Crippen LogP contribution is -2.31. The highest BCUT2D eigenvalue weighted by molar-refractivity contribution is 9.10. The Kier molecular flexibility index (Phi) is 6.55. The Balaban J connectivity index is 2.68. The minimum absolute atomic E-state index is 0.174. The van der Waals surface area contributed by atoms with Crippen LogP contribution in [-0.4, -0.2) is 24.8 Å². The highest BCUT2D eigenvalue weighted by atomic mass is 79.9. The Bertz CT molecular complexity index is 535. The molecule has 0 saturated carbocycles.